The Morgan fingerprint density at radius 1 is 1.28 bits per heavy atom. The van der Waals surface area contributed by atoms with Crippen molar-refractivity contribution in [2.75, 3.05) is 11.9 Å². The molecule has 6 N–H and O–H groups in total. The van der Waals surface area contributed by atoms with E-state index in [1.54, 1.807) is 0 Å². The first kappa shape index (κ1) is 23.8. The second kappa shape index (κ2) is 8.06. The number of ketones is 2. The summed E-state index contributed by atoms with van der Waals surface area (Å²) in [6.45, 7) is 6.82. The molecule has 0 spiro atoms. The summed E-state index contributed by atoms with van der Waals surface area (Å²) in [5.41, 5.74) is 3.71. The van der Waals surface area contributed by atoms with Gasteiger partial charge in [-0.3, -0.25) is 9.59 Å². The zero-order valence-electron chi connectivity index (χ0n) is 19.7. The minimum absolute atomic E-state index is 0.0686. The molecule has 8 nitrogen and oxygen atoms in total. The van der Waals surface area contributed by atoms with Gasteiger partial charge in [-0.25, -0.2) is 0 Å². The van der Waals surface area contributed by atoms with Crippen molar-refractivity contribution in [3.05, 3.63) is 70.4 Å². The number of hydrogen-bond acceptors (Lipinski definition) is 8. The number of epoxide rings is 1. The number of aromatic hydroxyl groups is 1. The highest BCUT2D eigenvalue weighted by Crippen LogP contribution is 2.67. The average molecular weight is 485 g/mol. The largest absolute Gasteiger partial charge is 0.507 e. The molecule has 4 aliphatic rings. The minimum atomic E-state index is -1.61. The van der Waals surface area contributed by atoms with Crippen molar-refractivity contribution in [3.63, 3.8) is 0 Å². The van der Waals surface area contributed by atoms with Crippen LogP contribution in [0, 0.1) is 23.7 Å². The van der Waals surface area contributed by atoms with Gasteiger partial charge < -0.3 is 31.1 Å². The topological polar surface area (TPSA) is 145 Å². The molecule has 2 bridgehead atoms. The predicted molar refractivity (Wildman–Crippen MR) is 132 cm³/mol. The number of aliphatic hydroxyl groups excluding tert-OH is 2. The number of hydrogen-bond donors (Lipinski definition) is 5. The summed E-state index contributed by atoms with van der Waals surface area (Å²) in [5, 5.41) is 36.2. The highest BCUT2D eigenvalue weighted by atomic mass is 16.7. The Balaban J connectivity index is 1.83. The van der Waals surface area contributed by atoms with Gasteiger partial charge in [0.25, 0.3) is 0 Å². The summed E-state index contributed by atoms with van der Waals surface area (Å²) < 4.78 is 6.15. The van der Waals surface area contributed by atoms with Gasteiger partial charge in [0.05, 0.1) is 22.9 Å². The van der Waals surface area contributed by atoms with Crippen molar-refractivity contribution < 1.29 is 29.6 Å². The van der Waals surface area contributed by atoms with Crippen LogP contribution in [0.25, 0.3) is 0 Å². The fraction of sp³-hybridized carbons (Fsp3) is 0.286. The molecular weight excluding hydrogens is 460 g/mol. The molecule has 2 aliphatic heterocycles. The number of ether oxygens (including phenoxy) is 1. The summed E-state index contributed by atoms with van der Waals surface area (Å²) in [5.74, 6) is 9.74. The molecule has 36 heavy (non-hydrogen) atoms. The molecule has 8 heteroatoms. The van der Waals surface area contributed by atoms with Crippen molar-refractivity contribution in [2.24, 2.45) is 5.73 Å². The number of benzene rings is 1. The quantitative estimate of drug-likeness (QED) is 0.186. The van der Waals surface area contributed by atoms with E-state index in [0.29, 0.717) is 5.57 Å². The maximum atomic E-state index is 13.9. The van der Waals surface area contributed by atoms with E-state index in [9.17, 15) is 24.9 Å². The number of nitrogens with two attached hydrogens (primary N) is 1. The van der Waals surface area contributed by atoms with Gasteiger partial charge in [-0.05, 0) is 43.7 Å². The fourth-order valence-corrected chi connectivity index (χ4v) is 5.42. The molecule has 5 rings (SSSR count). The molecule has 1 aromatic rings. The maximum Gasteiger partial charge on any atom is 0.196 e. The van der Waals surface area contributed by atoms with Gasteiger partial charge in [-0.15, -0.1) is 0 Å². The molecule has 0 unspecified atom stereocenters. The predicted octanol–water partition coefficient (Wildman–Crippen LogP) is 1.24. The number of aliphatic hydroxyl groups is 2. The molecule has 0 saturated carbocycles. The van der Waals surface area contributed by atoms with Crippen LogP contribution in [0.15, 0.2) is 53.7 Å². The van der Waals surface area contributed by atoms with Crippen LogP contribution >= 0.6 is 0 Å². The monoisotopic (exact) mass is 484 g/mol. The molecule has 0 aromatic heterocycles. The molecule has 1 fully saturated rings. The van der Waals surface area contributed by atoms with E-state index in [0.717, 1.165) is 0 Å². The van der Waals surface area contributed by atoms with Crippen LogP contribution in [-0.2, 0) is 10.3 Å². The number of fused-ring (bicyclic) bond motifs is 3. The van der Waals surface area contributed by atoms with Gasteiger partial charge >= 0.3 is 0 Å². The Morgan fingerprint density at radius 3 is 2.61 bits per heavy atom. The van der Waals surface area contributed by atoms with Crippen LogP contribution in [0.3, 0.4) is 0 Å². The number of anilines is 1. The number of carbonyl (C=O) groups is 2. The molecule has 182 valence electrons. The Bertz CT molecular complexity index is 1470. The summed E-state index contributed by atoms with van der Waals surface area (Å²) in [7, 11) is 0. The number of allylic oxidation sites excluding steroid dienone is 5. The van der Waals surface area contributed by atoms with E-state index in [2.05, 4.69) is 35.6 Å². The Kier molecular flexibility index (Phi) is 5.33. The third-order valence-corrected chi connectivity index (χ3v) is 7.27. The van der Waals surface area contributed by atoms with Crippen LogP contribution in [0.2, 0.25) is 0 Å². The first-order chi connectivity index (χ1) is 17.1. The van der Waals surface area contributed by atoms with Gasteiger partial charge in [0.2, 0.25) is 0 Å². The lowest BCUT2D eigenvalue weighted by molar-refractivity contribution is 0.0867. The molecule has 2 aliphatic carbocycles. The maximum absolute atomic E-state index is 13.9. The number of phenolic OH excluding ortho intramolecular Hbond substituents is 1. The van der Waals surface area contributed by atoms with Gasteiger partial charge in [0.1, 0.15) is 11.8 Å². The highest BCUT2D eigenvalue weighted by Gasteiger charge is 2.82. The first-order valence-electron chi connectivity index (χ1n) is 11.4. The zero-order chi connectivity index (χ0) is 26.0. The van der Waals surface area contributed by atoms with Crippen LogP contribution in [0.4, 0.5) is 5.69 Å². The van der Waals surface area contributed by atoms with E-state index in [1.807, 2.05) is 0 Å². The van der Waals surface area contributed by atoms with Gasteiger partial charge in [0.15, 0.2) is 28.9 Å². The number of rotatable bonds is 4. The van der Waals surface area contributed by atoms with Crippen LogP contribution < -0.4 is 11.1 Å². The van der Waals surface area contributed by atoms with Gasteiger partial charge in [-0.2, -0.15) is 0 Å². The molecular formula is C28H24N2O6. The molecule has 0 amide bonds. The lowest BCUT2D eigenvalue weighted by Crippen LogP contribution is -2.54. The Morgan fingerprint density at radius 2 is 1.97 bits per heavy atom. The van der Waals surface area contributed by atoms with Crippen LogP contribution in [0.1, 0.15) is 40.1 Å². The Labute approximate surface area is 207 Å². The highest BCUT2D eigenvalue weighted by molar-refractivity contribution is 6.31. The number of Topliss-reactive ketones (excluding diaryl/α,β-unsaturated/α-hetero) is 2. The smallest absolute Gasteiger partial charge is 0.196 e. The van der Waals surface area contributed by atoms with Crippen molar-refractivity contribution in [1.29, 1.82) is 0 Å². The lowest BCUT2D eigenvalue weighted by Gasteiger charge is -2.37. The van der Waals surface area contributed by atoms with Crippen LogP contribution in [0.5, 0.6) is 5.75 Å². The summed E-state index contributed by atoms with van der Waals surface area (Å²) in [4.78, 5) is 27.2. The number of carbonyl (C=O) groups excluding carboxylic acids is 2. The first-order valence-corrected chi connectivity index (χ1v) is 11.4. The van der Waals surface area contributed by atoms with Crippen molar-refractivity contribution in [1.82, 2.24) is 0 Å². The van der Waals surface area contributed by atoms with Gasteiger partial charge in [-0.1, -0.05) is 36.3 Å². The fourth-order valence-electron chi connectivity index (χ4n) is 5.42. The van der Waals surface area contributed by atoms with E-state index >= 15 is 0 Å². The van der Waals surface area contributed by atoms with Crippen molar-refractivity contribution >= 4 is 17.3 Å². The molecule has 5 atom stereocenters. The van der Waals surface area contributed by atoms with Crippen molar-refractivity contribution in [3.8, 4) is 29.4 Å². The second-order valence-corrected chi connectivity index (χ2v) is 9.09. The SMILES string of the molecule is C=C/C(=C\C1=C(C)C(=O)c2c(O)cc3c(c2C1=O)N[C@H]1C#C/C=C\C#C[C@@H](O)[C@@]32O[C@@]12[C@@H](C)O)CN. The average Bonchev–Trinajstić information content (AvgIpc) is 3.58. The molecule has 0 radical (unpaired) electrons. The number of phenols is 1. The summed E-state index contributed by atoms with van der Waals surface area (Å²) in [6, 6.07) is 0.412. The third kappa shape index (κ3) is 2.87. The zero-order valence-corrected chi connectivity index (χ0v) is 19.7. The summed E-state index contributed by atoms with van der Waals surface area (Å²) in [6.07, 6.45) is 3.44. The minimum Gasteiger partial charge on any atom is -0.507 e. The van der Waals surface area contributed by atoms with E-state index in [-0.39, 0.29) is 40.1 Å². The van der Waals surface area contributed by atoms with Gasteiger partial charge in [0, 0.05) is 23.3 Å². The van der Waals surface area contributed by atoms with Crippen LogP contribution in [-0.4, -0.2) is 57.3 Å². The molecule has 2 heterocycles. The molecule has 1 saturated heterocycles. The van der Waals surface area contributed by atoms with E-state index in [4.69, 9.17) is 10.5 Å². The Hall–Kier alpha value is -3.92. The standard InChI is InChI=1S/C28H24N2O6/c1-4-16(13-29)11-17-14(2)25(34)22-19(32)12-18-24(23(22)26(17)35)30-20-9-7-5-6-8-10-21(33)28(18)27(20,36-28)15(3)31/h4-6,11-12,15,20-21,30-33H,1,13,29H2,2-3H3/b6-5-,16-11+/t15-,20+,21-,27+,28+/m1/s1. The van der Waals surface area contributed by atoms with Crippen molar-refractivity contribution in [2.45, 2.75) is 43.3 Å². The summed E-state index contributed by atoms with van der Waals surface area (Å²) >= 11 is 0. The number of nitrogens with one attached hydrogen (secondary N) is 1. The normalized spacial score (nSPS) is 31.3. The second-order valence-electron chi connectivity index (χ2n) is 9.09. The van der Waals surface area contributed by atoms with E-state index in [1.165, 1.54) is 44.2 Å². The van der Waals surface area contributed by atoms with E-state index < -0.39 is 46.8 Å². The lowest BCUT2D eigenvalue weighted by atomic mass is 9.69. The third-order valence-electron chi connectivity index (χ3n) is 7.27. The molecule has 1 aromatic carbocycles.